The molecule has 2 nitrogen and oxygen atoms in total. The van der Waals surface area contributed by atoms with Gasteiger partial charge in [0.15, 0.2) is 0 Å². The summed E-state index contributed by atoms with van der Waals surface area (Å²) < 4.78 is 0. The van der Waals surface area contributed by atoms with Crippen molar-refractivity contribution in [2.75, 3.05) is 0 Å². The Morgan fingerprint density at radius 1 is 1.29 bits per heavy atom. The Labute approximate surface area is 87.4 Å². The highest BCUT2D eigenvalue weighted by Crippen LogP contribution is 2.26. The lowest BCUT2D eigenvalue weighted by atomic mass is 10.2. The number of thiazole rings is 1. The highest BCUT2D eigenvalue weighted by Gasteiger charge is 2.06. The van der Waals surface area contributed by atoms with E-state index in [4.69, 9.17) is 5.73 Å². The fourth-order valence-corrected chi connectivity index (χ4v) is 2.27. The van der Waals surface area contributed by atoms with Crippen LogP contribution in [-0.2, 0) is 6.54 Å². The third-order valence-electron chi connectivity index (χ3n) is 2.10. The average Bonchev–Trinajstić information content (AvgIpc) is 2.61. The minimum atomic E-state index is 0.580. The molecule has 0 atom stereocenters. The van der Waals surface area contributed by atoms with Gasteiger partial charge in [-0.3, -0.25) is 0 Å². The largest absolute Gasteiger partial charge is 0.326 e. The van der Waals surface area contributed by atoms with Gasteiger partial charge in [0.1, 0.15) is 5.01 Å². The zero-order chi connectivity index (χ0) is 9.97. The highest BCUT2D eigenvalue weighted by atomic mass is 32.1. The van der Waals surface area contributed by atoms with Crippen molar-refractivity contribution in [2.24, 2.45) is 5.73 Å². The highest BCUT2D eigenvalue weighted by molar-refractivity contribution is 7.15. The molecule has 0 unspecified atom stereocenters. The van der Waals surface area contributed by atoms with Crippen molar-refractivity contribution >= 4 is 11.3 Å². The first-order valence-corrected chi connectivity index (χ1v) is 5.34. The maximum Gasteiger partial charge on any atom is 0.123 e. The molecule has 72 valence electrons. The van der Waals surface area contributed by atoms with Gasteiger partial charge < -0.3 is 5.73 Å². The van der Waals surface area contributed by atoms with Crippen LogP contribution in [0.15, 0.2) is 30.3 Å². The maximum atomic E-state index is 5.61. The second-order valence-corrected chi connectivity index (χ2v) is 4.18. The second kappa shape index (κ2) is 3.90. The van der Waals surface area contributed by atoms with Crippen LogP contribution in [0.1, 0.15) is 10.6 Å². The summed E-state index contributed by atoms with van der Waals surface area (Å²) in [6.07, 6.45) is 0. The summed E-state index contributed by atoms with van der Waals surface area (Å²) in [5, 5.41) is 1.06. The Hall–Kier alpha value is -1.19. The van der Waals surface area contributed by atoms with Crippen LogP contribution in [-0.4, -0.2) is 4.98 Å². The van der Waals surface area contributed by atoms with Gasteiger partial charge in [-0.1, -0.05) is 30.3 Å². The third-order valence-corrected chi connectivity index (χ3v) is 3.33. The minimum absolute atomic E-state index is 0.580. The van der Waals surface area contributed by atoms with Crippen LogP contribution < -0.4 is 5.73 Å². The van der Waals surface area contributed by atoms with Crippen molar-refractivity contribution in [3.63, 3.8) is 0 Å². The number of hydrogen-bond acceptors (Lipinski definition) is 3. The van der Waals surface area contributed by atoms with E-state index < -0.39 is 0 Å². The summed E-state index contributed by atoms with van der Waals surface area (Å²) in [6.45, 7) is 2.58. The Morgan fingerprint density at radius 3 is 2.57 bits per heavy atom. The lowest BCUT2D eigenvalue weighted by Gasteiger charge is -1.92. The van der Waals surface area contributed by atoms with E-state index in [1.165, 1.54) is 10.4 Å². The van der Waals surface area contributed by atoms with Gasteiger partial charge in [0.25, 0.3) is 0 Å². The topological polar surface area (TPSA) is 38.9 Å². The van der Waals surface area contributed by atoms with E-state index >= 15 is 0 Å². The molecule has 0 amide bonds. The summed E-state index contributed by atoms with van der Waals surface area (Å²) in [5.41, 5.74) is 7.83. The minimum Gasteiger partial charge on any atom is -0.326 e. The van der Waals surface area contributed by atoms with Gasteiger partial charge in [-0.15, -0.1) is 11.3 Å². The number of nitrogens with two attached hydrogens (primary N) is 1. The van der Waals surface area contributed by atoms with Crippen LogP contribution in [0.5, 0.6) is 0 Å². The summed E-state index contributed by atoms with van der Waals surface area (Å²) in [4.78, 5) is 5.66. The lowest BCUT2D eigenvalue weighted by Crippen LogP contribution is -1.94. The molecule has 0 saturated heterocycles. The zero-order valence-electron chi connectivity index (χ0n) is 8.03. The molecule has 2 N–H and O–H groups in total. The SMILES string of the molecule is Cc1nc(-c2ccccc2)sc1CN. The lowest BCUT2D eigenvalue weighted by molar-refractivity contribution is 1.06. The van der Waals surface area contributed by atoms with E-state index in [0.717, 1.165) is 10.7 Å². The predicted octanol–water partition coefficient (Wildman–Crippen LogP) is 2.58. The molecular weight excluding hydrogens is 192 g/mol. The van der Waals surface area contributed by atoms with Crippen molar-refractivity contribution in [3.05, 3.63) is 40.9 Å². The standard InChI is InChI=1S/C11H12N2S/c1-8-10(7-12)14-11(13-8)9-5-3-2-4-6-9/h2-6H,7,12H2,1H3. The van der Waals surface area contributed by atoms with Gasteiger partial charge >= 0.3 is 0 Å². The van der Waals surface area contributed by atoms with Gasteiger partial charge in [0.05, 0.1) is 5.69 Å². The Balaban J connectivity index is 2.43. The molecule has 3 heteroatoms. The molecule has 0 radical (unpaired) electrons. The fraction of sp³-hybridized carbons (Fsp3) is 0.182. The number of rotatable bonds is 2. The van der Waals surface area contributed by atoms with E-state index in [-0.39, 0.29) is 0 Å². The van der Waals surface area contributed by atoms with Crippen molar-refractivity contribution in [1.29, 1.82) is 0 Å². The summed E-state index contributed by atoms with van der Waals surface area (Å²) in [7, 11) is 0. The first-order chi connectivity index (χ1) is 6.81. The van der Waals surface area contributed by atoms with Crippen molar-refractivity contribution in [1.82, 2.24) is 4.98 Å². The molecule has 0 spiro atoms. The number of aryl methyl sites for hydroxylation is 1. The molecule has 0 aliphatic heterocycles. The smallest absolute Gasteiger partial charge is 0.123 e. The predicted molar refractivity (Wildman–Crippen MR) is 60.2 cm³/mol. The van der Waals surface area contributed by atoms with Crippen molar-refractivity contribution in [2.45, 2.75) is 13.5 Å². The molecule has 1 heterocycles. The average molecular weight is 204 g/mol. The molecule has 0 bridgehead atoms. The zero-order valence-corrected chi connectivity index (χ0v) is 8.84. The van der Waals surface area contributed by atoms with Gasteiger partial charge in [-0.25, -0.2) is 4.98 Å². The van der Waals surface area contributed by atoms with Crippen molar-refractivity contribution in [3.8, 4) is 10.6 Å². The molecule has 0 aliphatic rings. The van der Waals surface area contributed by atoms with Gasteiger partial charge in [-0.2, -0.15) is 0 Å². The maximum absolute atomic E-state index is 5.61. The van der Waals surface area contributed by atoms with Gasteiger partial charge in [0, 0.05) is 17.0 Å². The summed E-state index contributed by atoms with van der Waals surface area (Å²) in [6, 6.07) is 10.2. The van der Waals surface area contributed by atoms with Crippen LogP contribution in [0.4, 0.5) is 0 Å². The number of hydrogen-bond donors (Lipinski definition) is 1. The van der Waals surface area contributed by atoms with Crippen LogP contribution in [0.25, 0.3) is 10.6 Å². The first kappa shape index (κ1) is 9.37. The van der Waals surface area contributed by atoms with Gasteiger partial charge in [0.2, 0.25) is 0 Å². The molecular formula is C11H12N2S. The summed E-state index contributed by atoms with van der Waals surface area (Å²) in [5.74, 6) is 0. The normalized spacial score (nSPS) is 10.4. The van der Waals surface area contributed by atoms with E-state index in [0.29, 0.717) is 6.54 Å². The van der Waals surface area contributed by atoms with E-state index in [1.807, 2.05) is 25.1 Å². The number of nitrogens with zero attached hydrogens (tertiary/aromatic N) is 1. The molecule has 0 saturated carbocycles. The van der Waals surface area contributed by atoms with E-state index in [2.05, 4.69) is 17.1 Å². The molecule has 0 aliphatic carbocycles. The van der Waals surface area contributed by atoms with Crippen LogP contribution >= 0.6 is 11.3 Å². The number of aromatic nitrogens is 1. The van der Waals surface area contributed by atoms with E-state index in [1.54, 1.807) is 11.3 Å². The Morgan fingerprint density at radius 2 is 2.00 bits per heavy atom. The van der Waals surface area contributed by atoms with Crippen LogP contribution in [0.3, 0.4) is 0 Å². The van der Waals surface area contributed by atoms with E-state index in [9.17, 15) is 0 Å². The van der Waals surface area contributed by atoms with Crippen molar-refractivity contribution < 1.29 is 0 Å². The third kappa shape index (κ3) is 1.69. The Bertz CT molecular complexity index is 420. The van der Waals surface area contributed by atoms with Crippen LogP contribution in [0, 0.1) is 6.92 Å². The molecule has 1 aromatic heterocycles. The summed E-state index contributed by atoms with van der Waals surface area (Å²) >= 11 is 1.68. The fourth-order valence-electron chi connectivity index (χ4n) is 1.32. The monoisotopic (exact) mass is 204 g/mol. The molecule has 14 heavy (non-hydrogen) atoms. The number of benzene rings is 1. The Kier molecular flexibility index (Phi) is 2.61. The molecule has 0 fully saturated rings. The van der Waals surface area contributed by atoms with Gasteiger partial charge in [-0.05, 0) is 6.92 Å². The molecule has 1 aromatic carbocycles. The molecule has 2 rings (SSSR count). The first-order valence-electron chi connectivity index (χ1n) is 4.53. The van der Waals surface area contributed by atoms with Crippen LogP contribution in [0.2, 0.25) is 0 Å². The quantitative estimate of drug-likeness (QED) is 0.816. The molecule has 2 aromatic rings. The second-order valence-electron chi connectivity index (χ2n) is 3.10.